The molecule has 204 valence electrons. The van der Waals surface area contributed by atoms with E-state index in [1.165, 1.54) is 19.1 Å². The molecular weight excluding hydrogens is 515 g/mol. The fourth-order valence-corrected chi connectivity index (χ4v) is 3.88. The molecule has 0 radical (unpaired) electrons. The van der Waals surface area contributed by atoms with Crippen LogP contribution in [0.4, 0.5) is 24.5 Å². The lowest BCUT2D eigenvalue weighted by molar-refractivity contribution is -0.385. The van der Waals surface area contributed by atoms with Crippen LogP contribution in [-0.2, 0) is 31.7 Å². The van der Waals surface area contributed by atoms with Gasteiger partial charge in [0.1, 0.15) is 0 Å². The molecule has 2 amide bonds. The summed E-state index contributed by atoms with van der Waals surface area (Å²) in [4.78, 5) is 48.2. The molecule has 1 aliphatic heterocycles. The minimum atomic E-state index is -4.98. The molecule has 14 heteroatoms. The van der Waals surface area contributed by atoms with Crippen molar-refractivity contribution in [3.05, 3.63) is 57.6 Å². The van der Waals surface area contributed by atoms with Gasteiger partial charge in [0.2, 0.25) is 5.91 Å². The summed E-state index contributed by atoms with van der Waals surface area (Å²) in [5, 5.41) is 12.7. The number of likely N-dealkylation sites (tertiary alicyclic amines) is 1. The summed E-state index contributed by atoms with van der Waals surface area (Å²) in [5.41, 5.74) is -2.06. The van der Waals surface area contributed by atoms with Gasteiger partial charge in [-0.25, -0.2) is 0 Å². The molecule has 0 aliphatic carbocycles. The largest absolute Gasteiger partial charge is 0.493 e. The smallest absolute Gasteiger partial charge is 0.418 e. The quantitative estimate of drug-likeness (QED) is 0.276. The molecule has 1 N–H and O–H groups in total. The van der Waals surface area contributed by atoms with Gasteiger partial charge in [0.05, 0.1) is 36.3 Å². The number of nitrogens with one attached hydrogen (secondary N) is 1. The number of ether oxygens (including phenoxy) is 3. The third-order valence-electron chi connectivity index (χ3n) is 5.81. The summed E-state index contributed by atoms with van der Waals surface area (Å²) < 4.78 is 55.2. The number of benzene rings is 2. The number of anilines is 1. The maximum absolute atomic E-state index is 13.3. The van der Waals surface area contributed by atoms with Gasteiger partial charge < -0.3 is 24.4 Å². The molecule has 0 spiro atoms. The number of rotatable bonds is 10. The van der Waals surface area contributed by atoms with Crippen LogP contribution >= 0.6 is 0 Å². The third kappa shape index (κ3) is 6.89. The zero-order chi connectivity index (χ0) is 28.0. The summed E-state index contributed by atoms with van der Waals surface area (Å²) in [6, 6.07) is 7.17. The number of hydrogen-bond acceptors (Lipinski definition) is 8. The van der Waals surface area contributed by atoms with Crippen molar-refractivity contribution in [1.29, 1.82) is 0 Å². The summed E-state index contributed by atoms with van der Waals surface area (Å²) in [5.74, 6) is -1.95. The van der Waals surface area contributed by atoms with Crippen molar-refractivity contribution >= 4 is 29.2 Å². The Morgan fingerprint density at radius 2 is 1.84 bits per heavy atom. The van der Waals surface area contributed by atoms with E-state index in [1.54, 1.807) is 12.1 Å². The maximum atomic E-state index is 13.3. The van der Waals surface area contributed by atoms with Crippen LogP contribution in [0.25, 0.3) is 0 Å². The zero-order valence-electron chi connectivity index (χ0n) is 20.4. The zero-order valence-corrected chi connectivity index (χ0v) is 20.4. The van der Waals surface area contributed by atoms with Gasteiger partial charge in [0, 0.05) is 31.6 Å². The van der Waals surface area contributed by atoms with E-state index in [1.807, 2.05) is 11.4 Å². The van der Waals surface area contributed by atoms with E-state index < -0.39 is 52.4 Å². The first kappa shape index (κ1) is 28.2. The minimum Gasteiger partial charge on any atom is -0.493 e. The molecule has 1 aliphatic rings. The lowest BCUT2D eigenvalue weighted by Gasteiger charge is -2.17. The van der Waals surface area contributed by atoms with E-state index in [-0.39, 0.29) is 18.9 Å². The fraction of sp³-hybridized carbons (Fsp3) is 0.375. The van der Waals surface area contributed by atoms with Crippen LogP contribution < -0.4 is 14.8 Å². The Morgan fingerprint density at radius 1 is 1.13 bits per heavy atom. The predicted molar refractivity (Wildman–Crippen MR) is 126 cm³/mol. The number of carbonyl (C=O) groups is 3. The highest BCUT2D eigenvalue weighted by Gasteiger charge is 2.37. The van der Waals surface area contributed by atoms with Crippen LogP contribution in [0.2, 0.25) is 0 Å². The standard InChI is InChI=1S/C24H24F3N3O8/c1-36-19-6-3-14(9-20(19)37-2)7-8-29-12-15(10-22(29)32)23(33)38-13-21(31)28-18-5-4-16(30(34)35)11-17(18)24(25,26)27/h3-6,9,11,15H,7-8,10,12-13H2,1-2H3,(H,28,31)/t15-/m1/s1. The number of methoxy groups -OCH3 is 2. The second-order valence-electron chi connectivity index (χ2n) is 8.32. The minimum absolute atomic E-state index is 0.0626. The number of non-ortho nitro benzene ring substituents is 1. The summed E-state index contributed by atoms with van der Waals surface area (Å²) in [6.45, 7) is -0.518. The average molecular weight is 539 g/mol. The number of alkyl halides is 3. The van der Waals surface area contributed by atoms with Crippen molar-refractivity contribution in [3.63, 3.8) is 0 Å². The van der Waals surface area contributed by atoms with E-state index in [0.717, 1.165) is 17.7 Å². The highest BCUT2D eigenvalue weighted by molar-refractivity contribution is 5.94. The number of nitro benzene ring substituents is 1. The van der Waals surface area contributed by atoms with E-state index in [9.17, 15) is 37.7 Å². The van der Waals surface area contributed by atoms with E-state index in [0.29, 0.717) is 30.5 Å². The Kier molecular flexibility index (Phi) is 8.76. The summed E-state index contributed by atoms with van der Waals surface area (Å²) >= 11 is 0. The third-order valence-corrected chi connectivity index (χ3v) is 5.81. The maximum Gasteiger partial charge on any atom is 0.418 e. The molecule has 0 aromatic heterocycles. The second kappa shape index (κ2) is 11.8. The molecule has 1 saturated heterocycles. The second-order valence-corrected chi connectivity index (χ2v) is 8.32. The van der Waals surface area contributed by atoms with E-state index >= 15 is 0 Å². The normalized spacial score (nSPS) is 15.2. The molecule has 38 heavy (non-hydrogen) atoms. The molecule has 0 unspecified atom stereocenters. The van der Waals surface area contributed by atoms with Gasteiger partial charge >= 0.3 is 12.1 Å². The van der Waals surface area contributed by atoms with E-state index in [4.69, 9.17) is 14.2 Å². The predicted octanol–water partition coefficient (Wildman–Crippen LogP) is 3.20. The number of hydrogen-bond donors (Lipinski definition) is 1. The number of nitrogens with zero attached hydrogens (tertiary/aromatic N) is 2. The topological polar surface area (TPSA) is 137 Å². The molecule has 3 rings (SSSR count). The summed E-state index contributed by atoms with van der Waals surface area (Å²) in [6.07, 6.45) is -4.63. The Labute approximate surface area is 214 Å². The van der Waals surface area contributed by atoms with E-state index in [2.05, 4.69) is 0 Å². The van der Waals surface area contributed by atoms with Crippen molar-refractivity contribution in [2.45, 2.75) is 19.0 Å². The van der Waals surface area contributed by atoms with Crippen molar-refractivity contribution in [2.75, 3.05) is 39.2 Å². The van der Waals surface area contributed by atoms with Crippen molar-refractivity contribution in [2.24, 2.45) is 5.92 Å². The van der Waals surface area contributed by atoms with Gasteiger partial charge in [-0.3, -0.25) is 24.5 Å². The fourth-order valence-electron chi connectivity index (χ4n) is 3.88. The molecule has 0 bridgehead atoms. The van der Waals surface area contributed by atoms with Gasteiger partial charge in [-0.2, -0.15) is 13.2 Å². The SMILES string of the molecule is COc1ccc(CCN2C[C@H](C(=O)OCC(=O)Nc3ccc([N+](=O)[O-])cc3C(F)(F)F)CC2=O)cc1OC. The van der Waals surface area contributed by atoms with Crippen LogP contribution in [0.3, 0.4) is 0 Å². The Hall–Kier alpha value is -4.36. The van der Waals surface area contributed by atoms with Gasteiger partial charge in [0.15, 0.2) is 18.1 Å². The molecule has 0 saturated carbocycles. The number of carbonyl (C=O) groups excluding carboxylic acids is 3. The van der Waals surface area contributed by atoms with Crippen LogP contribution in [0.5, 0.6) is 11.5 Å². The van der Waals surface area contributed by atoms with Gasteiger partial charge in [-0.15, -0.1) is 0 Å². The Balaban J connectivity index is 1.53. The van der Waals surface area contributed by atoms with Crippen LogP contribution in [0, 0.1) is 16.0 Å². The highest BCUT2D eigenvalue weighted by Crippen LogP contribution is 2.37. The molecule has 1 heterocycles. The Morgan fingerprint density at radius 3 is 2.47 bits per heavy atom. The lowest BCUT2D eigenvalue weighted by Crippen LogP contribution is -2.30. The molecule has 2 aromatic rings. The summed E-state index contributed by atoms with van der Waals surface area (Å²) in [7, 11) is 3.02. The molecule has 1 atom stereocenters. The van der Waals surface area contributed by atoms with Crippen molar-refractivity contribution in [1.82, 2.24) is 4.90 Å². The monoisotopic (exact) mass is 539 g/mol. The number of nitro groups is 1. The first-order valence-corrected chi connectivity index (χ1v) is 11.2. The van der Waals surface area contributed by atoms with Gasteiger partial charge in [-0.1, -0.05) is 6.07 Å². The van der Waals surface area contributed by atoms with Gasteiger partial charge in [-0.05, 0) is 30.2 Å². The Bertz CT molecular complexity index is 1230. The van der Waals surface area contributed by atoms with Crippen LogP contribution in [0.1, 0.15) is 17.5 Å². The first-order chi connectivity index (χ1) is 17.9. The first-order valence-electron chi connectivity index (χ1n) is 11.2. The number of esters is 1. The lowest BCUT2D eigenvalue weighted by atomic mass is 10.1. The van der Waals surface area contributed by atoms with Crippen molar-refractivity contribution < 1.29 is 46.7 Å². The van der Waals surface area contributed by atoms with Crippen molar-refractivity contribution in [3.8, 4) is 11.5 Å². The van der Waals surface area contributed by atoms with Crippen LogP contribution in [0.15, 0.2) is 36.4 Å². The number of amides is 2. The highest BCUT2D eigenvalue weighted by atomic mass is 19.4. The van der Waals surface area contributed by atoms with Crippen LogP contribution in [-0.4, -0.2) is 61.5 Å². The molecule has 11 nitrogen and oxygen atoms in total. The molecule has 1 fully saturated rings. The molecular formula is C24H24F3N3O8. The molecule has 2 aromatic carbocycles. The number of halogens is 3. The average Bonchev–Trinajstić information content (AvgIpc) is 3.25. The van der Waals surface area contributed by atoms with Gasteiger partial charge in [0.25, 0.3) is 11.6 Å².